The number of unbranched alkanes of at least 4 members (excludes halogenated alkanes) is 1. The van der Waals surface area contributed by atoms with Gasteiger partial charge in [-0.3, -0.25) is 14.4 Å². The summed E-state index contributed by atoms with van der Waals surface area (Å²) < 4.78 is 10.3. The second-order valence-electron chi connectivity index (χ2n) is 5.91. The van der Waals surface area contributed by atoms with Gasteiger partial charge in [0.25, 0.3) is 11.8 Å². The molecule has 1 aliphatic carbocycles. The minimum absolute atomic E-state index is 0.222. The zero-order valence-electron chi connectivity index (χ0n) is 14.4. The van der Waals surface area contributed by atoms with Gasteiger partial charge in [-0.05, 0) is 43.5 Å². The van der Waals surface area contributed by atoms with Crippen LogP contribution in [0.2, 0.25) is 0 Å². The third kappa shape index (κ3) is 7.24. The fourth-order valence-corrected chi connectivity index (χ4v) is 1.99. The van der Waals surface area contributed by atoms with Gasteiger partial charge in [0.05, 0.1) is 6.61 Å². The molecule has 0 saturated heterocycles. The van der Waals surface area contributed by atoms with Crippen molar-refractivity contribution in [1.82, 2.24) is 10.6 Å². The molecule has 1 aliphatic rings. The summed E-state index contributed by atoms with van der Waals surface area (Å²) in [5.41, 5.74) is 0.419. The Hall–Kier alpha value is -2.57. The number of esters is 1. The van der Waals surface area contributed by atoms with Crippen LogP contribution < -0.4 is 15.4 Å². The molecule has 0 bridgehead atoms. The molecule has 1 aromatic rings. The fourth-order valence-electron chi connectivity index (χ4n) is 1.99. The molecule has 1 saturated carbocycles. The summed E-state index contributed by atoms with van der Waals surface area (Å²) in [5.74, 6) is -0.662. The van der Waals surface area contributed by atoms with Crippen molar-refractivity contribution in [3.8, 4) is 5.75 Å². The lowest BCUT2D eigenvalue weighted by Crippen LogP contribution is -2.34. The van der Waals surface area contributed by atoms with Gasteiger partial charge in [0, 0.05) is 11.6 Å². The molecule has 1 aromatic carbocycles. The Balaban J connectivity index is 1.66. The summed E-state index contributed by atoms with van der Waals surface area (Å²) in [7, 11) is 0. The highest BCUT2D eigenvalue weighted by Gasteiger charge is 2.23. The zero-order valence-corrected chi connectivity index (χ0v) is 14.4. The monoisotopic (exact) mass is 348 g/mol. The molecule has 2 amide bonds. The Kier molecular flexibility index (Phi) is 7.25. The van der Waals surface area contributed by atoms with Crippen molar-refractivity contribution in [2.24, 2.45) is 0 Å². The van der Waals surface area contributed by atoms with E-state index in [1.54, 1.807) is 24.3 Å². The number of hydrogen-bond donors (Lipinski definition) is 2. The van der Waals surface area contributed by atoms with Gasteiger partial charge < -0.3 is 20.1 Å². The van der Waals surface area contributed by atoms with Crippen molar-refractivity contribution in [1.29, 1.82) is 0 Å². The first kappa shape index (κ1) is 18.8. The van der Waals surface area contributed by atoms with E-state index in [1.165, 1.54) is 0 Å². The summed E-state index contributed by atoms with van der Waals surface area (Å²) in [5, 5.41) is 5.17. The van der Waals surface area contributed by atoms with E-state index in [0.29, 0.717) is 17.9 Å². The summed E-state index contributed by atoms with van der Waals surface area (Å²) in [6.45, 7) is 2.11. The maximum atomic E-state index is 12.0. The maximum Gasteiger partial charge on any atom is 0.325 e. The van der Waals surface area contributed by atoms with E-state index in [-0.39, 0.29) is 31.0 Å². The van der Waals surface area contributed by atoms with E-state index in [2.05, 4.69) is 17.6 Å². The van der Waals surface area contributed by atoms with Gasteiger partial charge in [-0.1, -0.05) is 13.3 Å². The molecular weight excluding hydrogens is 324 g/mol. The van der Waals surface area contributed by atoms with Crippen molar-refractivity contribution in [3.63, 3.8) is 0 Å². The first-order chi connectivity index (χ1) is 12.1. The normalized spacial score (nSPS) is 13.0. The molecule has 1 fully saturated rings. The van der Waals surface area contributed by atoms with E-state index in [1.807, 2.05) is 0 Å². The lowest BCUT2D eigenvalue weighted by molar-refractivity contribution is -0.147. The largest absolute Gasteiger partial charge is 0.494 e. The van der Waals surface area contributed by atoms with Crippen molar-refractivity contribution < 1.29 is 23.9 Å². The Bertz CT molecular complexity index is 596. The number of hydrogen-bond acceptors (Lipinski definition) is 5. The number of carbonyl (C=O) groups excluding carboxylic acids is 3. The molecule has 0 atom stereocenters. The molecule has 7 heteroatoms. The standard InChI is InChI=1S/C18H24N2O5/c1-2-3-10-24-15-8-4-13(5-9-15)18(23)19-11-17(22)25-12-16(21)20-14-6-7-14/h4-5,8-9,14H,2-3,6-7,10-12H2,1H3,(H,19,23)(H,20,21). The highest BCUT2D eigenvalue weighted by Crippen LogP contribution is 2.18. The molecule has 2 rings (SSSR count). The SMILES string of the molecule is CCCCOc1ccc(C(=O)NCC(=O)OCC(=O)NC2CC2)cc1. The van der Waals surface area contributed by atoms with Crippen molar-refractivity contribution in [3.05, 3.63) is 29.8 Å². The van der Waals surface area contributed by atoms with E-state index >= 15 is 0 Å². The summed E-state index contributed by atoms with van der Waals surface area (Å²) in [6, 6.07) is 6.91. The molecular formula is C18H24N2O5. The molecule has 25 heavy (non-hydrogen) atoms. The molecule has 7 nitrogen and oxygen atoms in total. The van der Waals surface area contributed by atoms with Crippen molar-refractivity contribution >= 4 is 17.8 Å². The van der Waals surface area contributed by atoms with Crippen LogP contribution in [0.1, 0.15) is 43.0 Å². The van der Waals surface area contributed by atoms with Crippen LogP contribution >= 0.6 is 0 Å². The van der Waals surface area contributed by atoms with Gasteiger partial charge >= 0.3 is 5.97 Å². The third-order valence-corrected chi connectivity index (χ3v) is 3.58. The first-order valence-corrected chi connectivity index (χ1v) is 8.54. The highest BCUT2D eigenvalue weighted by atomic mass is 16.5. The quantitative estimate of drug-likeness (QED) is 0.493. The van der Waals surface area contributed by atoms with Crippen LogP contribution in [0.25, 0.3) is 0 Å². The number of amides is 2. The van der Waals surface area contributed by atoms with Crippen LogP contribution in [0.4, 0.5) is 0 Å². The predicted molar refractivity (Wildman–Crippen MR) is 91.3 cm³/mol. The predicted octanol–water partition coefficient (Wildman–Crippen LogP) is 1.42. The molecule has 0 unspecified atom stereocenters. The number of carbonyl (C=O) groups is 3. The Morgan fingerprint density at radius 1 is 1.16 bits per heavy atom. The average Bonchev–Trinajstić information content (AvgIpc) is 3.42. The van der Waals surface area contributed by atoms with E-state index in [9.17, 15) is 14.4 Å². The Morgan fingerprint density at radius 3 is 2.52 bits per heavy atom. The molecule has 0 radical (unpaired) electrons. The first-order valence-electron chi connectivity index (χ1n) is 8.54. The average molecular weight is 348 g/mol. The number of rotatable bonds is 10. The fraction of sp³-hybridized carbons (Fsp3) is 0.500. The van der Waals surface area contributed by atoms with Crippen LogP contribution in [0.3, 0.4) is 0 Å². The topological polar surface area (TPSA) is 93.7 Å². The molecule has 2 N–H and O–H groups in total. The van der Waals surface area contributed by atoms with Crippen LogP contribution in [-0.2, 0) is 14.3 Å². The van der Waals surface area contributed by atoms with E-state index in [0.717, 1.165) is 25.7 Å². The summed E-state index contributed by atoms with van der Waals surface area (Å²) in [4.78, 5) is 34.9. The molecule has 136 valence electrons. The smallest absolute Gasteiger partial charge is 0.325 e. The van der Waals surface area contributed by atoms with Crippen LogP contribution in [0, 0.1) is 0 Å². The minimum Gasteiger partial charge on any atom is -0.494 e. The Labute approximate surface area is 147 Å². The van der Waals surface area contributed by atoms with Gasteiger partial charge in [-0.15, -0.1) is 0 Å². The summed E-state index contributed by atoms with van der Waals surface area (Å²) in [6.07, 6.45) is 3.97. The Morgan fingerprint density at radius 2 is 1.88 bits per heavy atom. The molecule has 0 spiro atoms. The lowest BCUT2D eigenvalue weighted by Gasteiger charge is -2.08. The lowest BCUT2D eigenvalue weighted by atomic mass is 10.2. The van der Waals surface area contributed by atoms with Crippen LogP contribution in [0.5, 0.6) is 5.75 Å². The number of ether oxygens (including phenoxy) is 2. The van der Waals surface area contributed by atoms with Crippen LogP contribution in [0.15, 0.2) is 24.3 Å². The second kappa shape index (κ2) is 9.66. The molecule has 0 aromatic heterocycles. The highest BCUT2D eigenvalue weighted by molar-refractivity contribution is 5.96. The van der Waals surface area contributed by atoms with Crippen molar-refractivity contribution in [2.75, 3.05) is 19.8 Å². The van der Waals surface area contributed by atoms with Crippen molar-refractivity contribution in [2.45, 2.75) is 38.6 Å². The van der Waals surface area contributed by atoms with Gasteiger partial charge in [0.1, 0.15) is 12.3 Å². The number of benzene rings is 1. The number of nitrogens with one attached hydrogen (secondary N) is 2. The van der Waals surface area contributed by atoms with E-state index in [4.69, 9.17) is 9.47 Å². The van der Waals surface area contributed by atoms with Gasteiger partial charge in [-0.2, -0.15) is 0 Å². The van der Waals surface area contributed by atoms with Gasteiger partial charge in [0.2, 0.25) is 0 Å². The molecule has 0 heterocycles. The summed E-state index contributed by atoms with van der Waals surface area (Å²) >= 11 is 0. The van der Waals surface area contributed by atoms with Gasteiger partial charge in [0.15, 0.2) is 6.61 Å². The molecule has 0 aliphatic heterocycles. The maximum absolute atomic E-state index is 12.0. The minimum atomic E-state index is -0.654. The van der Waals surface area contributed by atoms with E-state index < -0.39 is 5.97 Å². The van der Waals surface area contributed by atoms with Gasteiger partial charge in [-0.25, -0.2) is 0 Å². The zero-order chi connectivity index (χ0) is 18.1. The van der Waals surface area contributed by atoms with Crippen LogP contribution in [-0.4, -0.2) is 43.6 Å². The third-order valence-electron chi connectivity index (χ3n) is 3.58. The second-order valence-corrected chi connectivity index (χ2v) is 5.91.